The first-order chi connectivity index (χ1) is 7.15. The van der Waals surface area contributed by atoms with E-state index in [4.69, 9.17) is 4.74 Å². The quantitative estimate of drug-likeness (QED) is 0.514. The van der Waals surface area contributed by atoms with Crippen LogP contribution in [-0.2, 0) is 9.53 Å². The molecule has 1 aliphatic carbocycles. The standard InChI is InChI=1S/C13H20O2/c1-3-4-11-5-7-13(8-6-11)9-10(2)12(14)15-13/h11H,2-9H2,1H3. The average Bonchev–Trinajstić information content (AvgIpc) is 2.47. The minimum Gasteiger partial charge on any atom is -0.455 e. The number of hydrogen-bond donors (Lipinski definition) is 0. The summed E-state index contributed by atoms with van der Waals surface area (Å²) in [5, 5.41) is 0. The highest BCUT2D eigenvalue weighted by Crippen LogP contribution is 2.44. The lowest BCUT2D eigenvalue weighted by atomic mass is 9.75. The second-order valence-corrected chi connectivity index (χ2v) is 5.08. The molecule has 15 heavy (non-hydrogen) atoms. The van der Waals surface area contributed by atoms with Crippen LogP contribution >= 0.6 is 0 Å². The Hall–Kier alpha value is -0.790. The van der Waals surface area contributed by atoms with Gasteiger partial charge in [0.1, 0.15) is 5.60 Å². The molecule has 2 nitrogen and oxygen atoms in total. The van der Waals surface area contributed by atoms with E-state index < -0.39 is 0 Å². The van der Waals surface area contributed by atoms with Crippen molar-refractivity contribution in [2.75, 3.05) is 0 Å². The maximum absolute atomic E-state index is 11.3. The summed E-state index contributed by atoms with van der Waals surface area (Å²) in [5.41, 5.74) is 0.516. The first kappa shape index (κ1) is 10.7. The Bertz CT molecular complexity index is 254. The number of esters is 1. The fourth-order valence-electron chi connectivity index (χ4n) is 2.95. The molecule has 1 saturated carbocycles. The van der Waals surface area contributed by atoms with Gasteiger partial charge in [0.2, 0.25) is 0 Å². The van der Waals surface area contributed by atoms with E-state index in [1.54, 1.807) is 0 Å². The van der Waals surface area contributed by atoms with Gasteiger partial charge in [-0.3, -0.25) is 0 Å². The van der Waals surface area contributed by atoms with Crippen LogP contribution in [0.3, 0.4) is 0 Å². The monoisotopic (exact) mass is 208 g/mol. The van der Waals surface area contributed by atoms with Crippen molar-refractivity contribution < 1.29 is 9.53 Å². The van der Waals surface area contributed by atoms with Crippen LogP contribution in [0.1, 0.15) is 51.9 Å². The Labute approximate surface area is 91.7 Å². The first-order valence-corrected chi connectivity index (χ1v) is 6.06. The van der Waals surface area contributed by atoms with E-state index in [9.17, 15) is 4.79 Å². The molecule has 1 spiro atoms. The normalized spacial score (nSPS) is 35.9. The van der Waals surface area contributed by atoms with Crippen LogP contribution in [0.15, 0.2) is 12.2 Å². The van der Waals surface area contributed by atoms with Crippen LogP contribution in [0.5, 0.6) is 0 Å². The van der Waals surface area contributed by atoms with Gasteiger partial charge in [0, 0.05) is 12.0 Å². The van der Waals surface area contributed by atoms with Gasteiger partial charge in [-0.2, -0.15) is 0 Å². The molecular formula is C13H20O2. The Kier molecular flexibility index (Phi) is 2.85. The molecular weight excluding hydrogens is 188 g/mol. The van der Waals surface area contributed by atoms with Crippen molar-refractivity contribution in [3.63, 3.8) is 0 Å². The smallest absolute Gasteiger partial charge is 0.334 e. The van der Waals surface area contributed by atoms with Crippen LogP contribution in [0.4, 0.5) is 0 Å². The minimum atomic E-state index is -0.163. The zero-order valence-electron chi connectivity index (χ0n) is 9.55. The maximum atomic E-state index is 11.3. The fraction of sp³-hybridized carbons (Fsp3) is 0.769. The van der Waals surface area contributed by atoms with E-state index in [2.05, 4.69) is 13.5 Å². The Morgan fingerprint density at radius 1 is 1.47 bits per heavy atom. The highest BCUT2D eigenvalue weighted by molar-refractivity contribution is 5.90. The van der Waals surface area contributed by atoms with Gasteiger partial charge in [0.25, 0.3) is 0 Å². The van der Waals surface area contributed by atoms with E-state index in [0.717, 1.165) is 25.2 Å². The molecule has 0 aromatic carbocycles. The summed E-state index contributed by atoms with van der Waals surface area (Å²) >= 11 is 0. The number of ether oxygens (including phenoxy) is 1. The predicted molar refractivity (Wildman–Crippen MR) is 59.4 cm³/mol. The summed E-state index contributed by atoms with van der Waals surface area (Å²) in [4.78, 5) is 11.3. The van der Waals surface area contributed by atoms with Gasteiger partial charge in [-0.05, 0) is 31.6 Å². The molecule has 2 aliphatic rings. The van der Waals surface area contributed by atoms with Crippen LogP contribution in [0.2, 0.25) is 0 Å². The number of carbonyl (C=O) groups excluding carboxylic acids is 1. The van der Waals surface area contributed by atoms with Crippen LogP contribution in [0.25, 0.3) is 0 Å². The van der Waals surface area contributed by atoms with Gasteiger partial charge in [0.05, 0.1) is 0 Å². The van der Waals surface area contributed by atoms with Gasteiger partial charge < -0.3 is 4.74 Å². The van der Waals surface area contributed by atoms with E-state index in [1.807, 2.05) is 0 Å². The van der Waals surface area contributed by atoms with Crippen LogP contribution in [-0.4, -0.2) is 11.6 Å². The van der Waals surface area contributed by atoms with Crippen molar-refractivity contribution in [1.29, 1.82) is 0 Å². The van der Waals surface area contributed by atoms with E-state index in [0.29, 0.717) is 5.57 Å². The Morgan fingerprint density at radius 3 is 2.60 bits per heavy atom. The molecule has 1 saturated heterocycles. The Morgan fingerprint density at radius 2 is 2.13 bits per heavy atom. The molecule has 2 fully saturated rings. The molecule has 0 amide bonds. The van der Waals surface area contributed by atoms with Gasteiger partial charge in [-0.25, -0.2) is 4.79 Å². The van der Waals surface area contributed by atoms with Gasteiger partial charge in [-0.15, -0.1) is 0 Å². The fourth-order valence-corrected chi connectivity index (χ4v) is 2.95. The summed E-state index contributed by atoms with van der Waals surface area (Å²) < 4.78 is 5.49. The molecule has 2 heteroatoms. The van der Waals surface area contributed by atoms with E-state index in [1.165, 1.54) is 25.7 Å². The highest BCUT2D eigenvalue weighted by atomic mass is 16.6. The maximum Gasteiger partial charge on any atom is 0.334 e. The lowest BCUT2D eigenvalue weighted by Crippen LogP contribution is -2.33. The van der Waals surface area contributed by atoms with Gasteiger partial charge in [0.15, 0.2) is 0 Å². The molecule has 0 atom stereocenters. The molecule has 1 heterocycles. The zero-order valence-corrected chi connectivity index (χ0v) is 9.55. The average molecular weight is 208 g/mol. The first-order valence-electron chi connectivity index (χ1n) is 6.06. The van der Waals surface area contributed by atoms with Gasteiger partial charge in [-0.1, -0.05) is 26.3 Å². The largest absolute Gasteiger partial charge is 0.455 e. The second kappa shape index (κ2) is 3.99. The summed E-state index contributed by atoms with van der Waals surface area (Å²) in [6.45, 7) is 6.00. The van der Waals surface area contributed by atoms with Crippen molar-refractivity contribution in [2.45, 2.75) is 57.5 Å². The van der Waals surface area contributed by atoms with Crippen molar-refractivity contribution >= 4 is 5.97 Å². The molecule has 0 radical (unpaired) electrons. The summed E-state index contributed by atoms with van der Waals surface area (Å²) in [6, 6.07) is 0. The molecule has 1 aliphatic heterocycles. The summed E-state index contributed by atoms with van der Waals surface area (Å²) in [5.74, 6) is 0.692. The molecule has 2 rings (SSSR count). The summed E-state index contributed by atoms with van der Waals surface area (Å²) in [6.07, 6.45) is 7.88. The Balaban J connectivity index is 1.93. The SMILES string of the molecule is C=C1CC2(CCC(CCC)CC2)OC1=O. The minimum absolute atomic E-state index is 0.154. The molecule has 84 valence electrons. The highest BCUT2D eigenvalue weighted by Gasteiger charge is 2.44. The third-order valence-electron chi connectivity index (χ3n) is 3.85. The van der Waals surface area contributed by atoms with E-state index >= 15 is 0 Å². The van der Waals surface area contributed by atoms with Crippen LogP contribution < -0.4 is 0 Å². The van der Waals surface area contributed by atoms with Crippen molar-refractivity contribution in [1.82, 2.24) is 0 Å². The molecule has 0 bridgehead atoms. The van der Waals surface area contributed by atoms with Gasteiger partial charge >= 0.3 is 5.97 Å². The number of carbonyl (C=O) groups is 1. The van der Waals surface area contributed by atoms with Crippen molar-refractivity contribution in [3.05, 3.63) is 12.2 Å². The molecule has 0 unspecified atom stereocenters. The zero-order chi connectivity index (χ0) is 10.9. The lowest BCUT2D eigenvalue weighted by Gasteiger charge is -2.35. The van der Waals surface area contributed by atoms with Crippen molar-refractivity contribution in [3.8, 4) is 0 Å². The van der Waals surface area contributed by atoms with Crippen LogP contribution in [0, 0.1) is 5.92 Å². The van der Waals surface area contributed by atoms with Crippen molar-refractivity contribution in [2.24, 2.45) is 5.92 Å². The topological polar surface area (TPSA) is 26.3 Å². The summed E-state index contributed by atoms with van der Waals surface area (Å²) in [7, 11) is 0. The van der Waals surface area contributed by atoms with E-state index in [-0.39, 0.29) is 11.6 Å². The second-order valence-electron chi connectivity index (χ2n) is 5.08. The molecule has 0 N–H and O–H groups in total. The molecule has 0 aromatic heterocycles. The number of rotatable bonds is 2. The predicted octanol–water partition coefficient (Wildman–Crippen LogP) is 3.22. The number of hydrogen-bond acceptors (Lipinski definition) is 2. The third-order valence-corrected chi connectivity index (χ3v) is 3.85. The third kappa shape index (κ3) is 2.09. The molecule has 0 aromatic rings. The lowest BCUT2D eigenvalue weighted by molar-refractivity contribution is -0.149.